The largest absolute Gasteiger partial charge is 0.507 e. The second-order valence-electron chi connectivity index (χ2n) is 7.68. The summed E-state index contributed by atoms with van der Waals surface area (Å²) in [5, 5.41) is 27.1. The molecule has 0 spiro atoms. The Morgan fingerprint density at radius 1 is 0.969 bits per heavy atom. The monoisotopic (exact) mass is 453 g/mol. The van der Waals surface area contributed by atoms with Gasteiger partial charge in [-0.2, -0.15) is 0 Å². The van der Waals surface area contributed by atoms with Crippen LogP contribution in [0.25, 0.3) is 0 Å². The lowest BCUT2D eigenvalue weighted by atomic mass is 10.1. The van der Waals surface area contributed by atoms with Gasteiger partial charge in [-0.25, -0.2) is 0 Å². The van der Waals surface area contributed by atoms with E-state index in [1.54, 1.807) is 23.9 Å². The van der Waals surface area contributed by atoms with Crippen LogP contribution in [0.1, 0.15) is 17.5 Å². The van der Waals surface area contributed by atoms with Crippen LogP contribution < -0.4 is 10.6 Å². The average molecular weight is 453 g/mol. The summed E-state index contributed by atoms with van der Waals surface area (Å²) in [5.74, 6) is -0.828. The van der Waals surface area contributed by atoms with Gasteiger partial charge in [0.2, 0.25) is 11.8 Å². The minimum absolute atomic E-state index is 0.0570. The molecule has 3 N–H and O–H groups in total. The Morgan fingerprint density at radius 2 is 1.53 bits per heavy atom. The van der Waals surface area contributed by atoms with E-state index >= 15 is 0 Å². The number of phenolic OH excluding ortho intramolecular Hbond substituents is 1. The van der Waals surface area contributed by atoms with E-state index in [1.807, 2.05) is 0 Å². The van der Waals surface area contributed by atoms with Crippen LogP contribution in [0.15, 0.2) is 12.1 Å². The molecule has 2 rings (SSSR count). The minimum atomic E-state index is -0.587. The molecule has 178 valence electrons. The van der Waals surface area contributed by atoms with Crippen molar-refractivity contribution in [3.8, 4) is 5.75 Å². The van der Waals surface area contributed by atoms with Crippen LogP contribution in [0.4, 0.5) is 5.69 Å². The highest BCUT2D eigenvalue weighted by Gasteiger charge is 2.18. The molecule has 0 saturated carbocycles. The Balaban J connectivity index is 2.15. The average Bonchev–Trinajstić information content (AvgIpc) is 2.73. The number of ether oxygens (including phenoxy) is 2. The van der Waals surface area contributed by atoms with E-state index < -0.39 is 4.92 Å². The first kappa shape index (κ1) is 25.5. The second kappa shape index (κ2) is 12.9. The SMILES string of the molecule is CN1CCOCCCOCN(C)CC(=O)NCc2cc([N+](=O)[O-])cc(c2O)CNC(=O)C1. The van der Waals surface area contributed by atoms with Gasteiger partial charge in [-0.3, -0.25) is 29.5 Å². The number of hydrogen-bond donors (Lipinski definition) is 3. The van der Waals surface area contributed by atoms with Gasteiger partial charge < -0.3 is 25.2 Å². The molecule has 0 aliphatic carbocycles. The van der Waals surface area contributed by atoms with Crippen LogP contribution in [0.5, 0.6) is 5.75 Å². The molecule has 1 heterocycles. The fourth-order valence-corrected chi connectivity index (χ4v) is 3.04. The van der Waals surface area contributed by atoms with Crippen molar-refractivity contribution in [2.24, 2.45) is 0 Å². The molecule has 0 unspecified atom stereocenters. The second-order valence-corrected chi connectivity index (χ2v) is 7.68. The third kappa shape index (κ3) is 8.75. The summed E-state index contributed by atoms with van der Waals surface area (Å²) < 4.78 is 11.0. The van der Waals surface area contributed by atoms with Crippen LogP contribution in [0.2, 0.25) is 0 Å². The summed E-state index contributed by atoms with van der Waals surface area (Å²) in [4.78, 5) is 38.6. The van der Waals surface area contributed by atoms with Gasteiger partial charge in [0.05, 0.1) is 38.0 Å². The number of nitro groups is 1. The van der Waals surface area contributed by atoms with Crippen molar-refractivity contribution >= 4 is 17.5 Å². The Morgan fingerprint density at radius 3 is 2.12 bits per heavy atom. The smallest absolute Gasteiger partial charge is 0.270 e. The van der Waals surface area contributed by atoms with Gasteiger partial charge in [-0.15, -0.1) is 0 Å². The third-order valence-corrected chi connectivity index (χ3v) is 4.75. The maximum atomic E-state index is 12.2. The first-order chi connectivity index (χ1) is 15.3. The van der Waals surface area contributed by atoms with Gasteiger partial charge >= 0.3 is 0 Å². The van der Waals surface area contributed by atoms with Gasteiger partial charge in [0.15, 0.2) is 0 Å². The highest BCUT2D eigenvalue weighted by atomic mass is 16.6. The van der Waals surface area contributed by atoms with E-state index in [0.29, 0.717) is 32.8 Å². The zero-order valence-electron chi connectivity index (χ0n) is 18.5. The summed E-state index contributed by atoms with van der Waals surface area (Å²) in [6.07, 6.45) is 0.706. The Bertz CT molecular complexity index is 750. The number of hydrogen-bond acceptors (Lipinski definition) is 9. The zero-order chi connectivity index (χ0) is 23.5. The lowest BCUT2D eigenvalue weighted by Gasteiger charge is -2.17. The molecule has 1 aromatic carbocycles. The number of nitrogens with zero attached hydrogens (tertiary/aromatic N) is 3. The van der Waals surface area contributed by atoms with Crippen LogP contribution in [0, 0.1) is 10.1 Å². The fourth-order valence-electron chi connectivity index (χ4n) is 3.04. The van der Waals surface area contributed by atoms with E-state index in [4.69, 9.17) is 9.47 Å². The number of likely N-dealkylation sites (N-methyl/N-ethyl adjacent to an activating group) is 2. The molecule has 12 heteroatoms. The molecular weight excluding hydrogens is 422 g/mol. The number of amides is 2. The number of fused-ring (bicyclic) bond motifs is 2. The molecule has 0 radical (unpaired) electrons. The molecule has 12 nitrogen and oxygen atoms in total. The molecule has 1 aromatic rings. The number of non-ortho nitro benzene ring substituents is 1. The van der Waals surface area contributed by atoms with E-state index in [9.17, 15) is 24.8 Å². The van der Waals surface area contributed by atoms with Gasteiger partial charge in [0.25, 0.3) is 5.69 Å². The summed E-state index contributed by atoms with van der Waals surface area (Å²) in [5.41, 5.74) is 0.143. The Kier molecular flexibility index (Phi) is 10.3. The molecular formula is C20H31N5O7. The molecule has 0 aromatic heterocycles. The van der Waals surface area contributed by atoms with Crippen molar-refractivity contribution in [1.82, 2.24) is 20.4 Å². The summed E-state index contributed by atoms with van der Waals surface area (Å²) >= 11 is 0. The number of nitro benzene ring substituents is 1. The van der Waals surface area contributed by atoms with Gasteiger partial charge in [-0.05, 0) is 20.5 Å². The van der Waals surface area contributed by atoms with Crippen LogP contribution in [0.3, 0.4) is 0 Å². The molecule has 1 aliphatic heterocycles. The molecule has 0 fully saturated rings. The zero-order valence-corrected chi connectivity index (χ0v) is 18.5. The van der Waals surface area contributed by atoms with E-state index in [1.165, 1.54) is 12.1 Å². The van der Waals surface area contributed by atoms with Crippen molar-refractivity contribution in [2.45, 2.75) is 19.5 Å². The number of benzene rings is 1. The van der Waals surface area contributed by atoms with Crippen molar-refractivity contribution in [3.63, 3.8) is 0 Å². The summed E-state index contributed by atoms with van der Waals surface area (Å²) in [6.45, 7) is 2.26. The molecule has 1 aliphatic rings. The van der Waals surface area contributed by atoms with Crippen LogP contribution in [-0.2, 0) is 32.2 Å². The predicted octanol–water partition coefficient (Wildman–Crippen LogP) is -0.209. The maximum absolute atomic E-state index is 12.2. The quantitative estimate of drug-likeness (QED) is 0.388. The van der Waals surface area contributed by atoms with Crippen molar-refractivity contribution < 1.29 is 29.1 Å². The topological polar surface area (TPSA) is 147 Å². The number of carbonyl (C=O) groups excluding carboxylic acids is 2. The minimum Gasteiger partial charge on any atom is -0.507 e. The Labute approximate surface area is 186 Å². The molecule has 0 atom stereocenters. The number of aromatic hydroxyl groups is 1. The summed E-state index contributed by atoms with van der Waals surface area (Å²) in [6, 6.07) is 2.41. The van der Waals surface area contributed by atoms with Crippen LogP contribution in [-0.4, -0.2) is 91.9 Å². The first-order valence-electron chi connectivity index (χ1n) is 10.3. The predicted molar refractivity (Wildman–Crippen MR) is 115 cm³/mol. The summed E-state index contributed by atoms with van der Waals surface area (Å²) in [7, 11) is 3.51. The number of phenols is 1. The first-order valence-corrected chi connectivity index (χ1v) is 10.3. The van der Waals surface area contributed by atoms with Gasteiger partial charge in [0, 0.05) is 49.5 Å². The number of carbonyl (C=O) groups is 2. The van der Waals surface area contributed by atoms with Crippen molar-refractivity contribution in [2.75, 3.05) is 60.3 Å². The molecule has 2 amide bonds. The van der Waals surface area contributed by atoms with E-state index in [0.717, 1.165) is 0 Å². The molecule has 2 bridgehead atoms. The Hall–Kier alpha value is -2.80. The standard InChI is InChI=1S/C20H31N5O7/c1-23-4-7-31-5-3-6-32-14-24(2)13-19(27)22-11-16-9-17(25(29)30)8-15(20(16)28)10-21-18(26)12-23/h8-9,28H,3-7,10-14H2,1-2H3,(H,21,26)(H,22,27). The van der Waals surface area contributed by atoms with Crippen molar-refractivity contribution in [1.29, 1.82) is 0 Å². The number of nitrogens with one attached hydrogen (secondary N) is 2. The fraction of sp³-hybridized carbons (Fsp3) is 0.600. The lowest BCUT2D eigenvalue weighted by molar-refractivity contribution is -0.385. The molecule has 32 heavy (non-hydrogen) atoms. The molecule has 0 saturated heterocycles. The highest BCUT2D eigenvalue weighted by Crippen LogP contribution is 2.28. The lowest BCUT2D eigenvalue weighted by Crippen LogP contribution is -2.36. The van der Waals surface area contributed by atoms with Crippen molar-refractivity contribution in [3.05, 3.63) is 33.4 Å². The van der Waals surface area contributed by atoms with E-state index in [2.05, 4.69) is 10.6 Å². The maximum Gasteiger partial charge on any atom is 0.270 e. The van der Waals surface area contributed by atoms with Gasteiger partial charge in [-0.1, -0.05) is 0 Å². The third-order valence-electron chi connectivity index (χ3n) is 4.75. The normalized spacial score (nSPS) is 19.4. The van der Waals surface area contributed by atoms with Crippen LogP contribution >= 0.6 is 0 Å². The number of rotatable bonds is 1. The highest BCUT2D eigenvalue weighted by molar-refractivity contribution is 5.78. The van der Waals surface area contributed by atoms with Gasteiger partial charge in [0.1, 0.15) is 5.75 Å². The van der Waals surface area contributed by atoms with E-state index in [-0.39, 0.29) is 67.3 Å².